The highest BCUT2D eigenvalue weighted by atomic mass is 16.5. The molecule has 0 radical (unpaired) electrons. The zero-order chi connectivity index (χ0) is 25.9. The first-order valence-electron chi connectivity index (χ1n) is 12.1. The zero-order valence-corrected chi connectivity index (χ0v) is 21.5. The smallest absolute Gasteiger partial charge is 0.253 e. The number of pyridine rings is 1. The average Bonchev–Trinajstić information content (AvgIpc) is 3.37. The summed E-state index contributed by atoms with van der Waals surface area (Å²) in [6, 6.07) is 12.9. The molecule has 194 valence electrons. The van der Waals surface area contributed by atoms with Crippen LogP contribution in [-0.2, 0) is 6.54 Å². The average molecular weight is 506 g/mol. The lowest BCUT2D eigenvalue weighted by molar-refractivity contribution is 0.121. The number of hydrogen-bond acceptors (Lipinski definition) is 9. The minimum atomic E-state index is -0.428. The number of aromatic nitrogens is 5. The van der Waals surface area contributed by atoms with Gasteiger partial charge in [-0.15, -0.1) is 5.10 Å². The van der Waals surface area contributed by atoms with Gasteiger partial charge >= 0.3 is 0 Å². The number of nitrogens with zero attached hydrogens (tertiary/aromatic N) is 6. The number of H-pyrrole nitrogens is 1. The lowest BCUT2D eigenvalue weighted by atomic mass is 10.0. The SMILES string of the molecule is COc1ccc(Cn2nnnc2[C@H](c2cc3cc(OC)c(OC)cc3[nH]c2=O)N2CCN(C)CC2)cc1. The predicted molar refractivity (Wildman–Crippen MR) is 138 cm³/mol. The number of piperazine rings is 1. The Morgan fingerprint density at radius 2 is 1.65 bits per heavy atom. The van der Waals surface area contributed by atoms with Gasteiger partial charge in [0.2, 0.25) is 0 Å². The van der Waals surface area contributed by atoms with Crippen molar-refractivity contribution in [2.24, 2.45) is 0 Å². The van der Waals surface area contributed by atoms with E-state index < -0.39 is 6.04 Å². The van der Waals surface area contributed by atoms with Crippen molar-refractivity contribution in [2.75, 3.05) is 54.6 Å². The van der Waals surface area contributed by atoms with Crippen molar-refractivity contribution in [3.05, 3.63) is 69.8 Å². The first kappa shape index (κ1) is 24.7. The van der Waals surface area contributed by atoms with Crippen molar-refractivity contribution in [1.29, 1.82) is 0 Å². The normalized spacial score (nSPS) is 15.6. The monoisotopic (exact) mass is 505 g/mol. The van der Waals surface area contributed by atoms with Crippen LogP contribution >= 0.6 is 0 Å². The lowest BCUT2D eigenvalue weighted by Gasteiger charge is -2.37. The molecule has 11 heteroatoms. The molecule has 0 saturated carbocycles. The van der Waals surface area contributed by atoms with Crippen molar-refractivity contribution < 1.29 is 14.2 Å². The summed E-state index contributed by atoms with van der Waals surface area (Å²) in [5, 5.41) is 13.6. The van der Waals surface area contributed by atoms with Crippen LogP contribution in [0.5, 0.6) is 17.2 Å². The van der Waals surface area contributed by atoms with Gasteiger partial charge in [-0.2, -0.15) is 0 Å². The molecule has 37 heavy (non-hydrogen) atoms. The minimum absolute atomic E-state index is 0.192. The second-order valence-corrected chi connectivity index (χ2v) is 9.13. The molecule has 2 aromatic carbocycles. The third-order valence-electron chi connectivity index (χ3n) is 6.87. The molecule has 0 spiro atoms. The number of fused-ring (bicyclic) bond motifs is 1. The number of hydrogen-bond donors (Lipinski definition) is 1. The van der Waals surface area contributed by atoms with E-state index in [1.165, 1.54) is 0 Å². The van der Waals surface area contributed by atoms with Gasteiger partial charge in [0, 0.05) is 43.2 Å². The van der Waals surface area contributed by atoms with E-state index in [1.54, 1.807) is 32.1 Å². The number of tetrazole rings is 1. The third-order valence-corrected chi connectivity index (χ3v) is 6.87. The number of rotatable bonds is 8. The predicted octanol–water partition coefficient (Wildman–Crippen LogP) is 1.93. The Balaban J connectivity index is 1.60. The fourth-order valence-corrected chi connectivity index (χ4v) is 4.76. The Labute approximate surface area is 214 Å². The number of benzene rings is 2. The van der Waals surface area contributed by atoms with Gasteiger partial charge in [-0.05, 0) is 47.3 Å². The molecule has 1 aliphatic rings. The molecule has 0 unspecified atom stereocenters. The van der Waals surface area contributed by atoms with Gasteiger partial charge in [-0.25, -0.2) is 4.68 Å². The van der Waals surface area contributed by atoms with Gasteiger partial charge in [-0.1, -0.05) is 12.1 Å². The van der Waals surface area contributed by atoms with Gasteiger partial charge in [-0.3, -0.25) is 9.69 Å². The topological polar surface area (TPSA) is 111 Å². The van der Waals surface area contributed by atoms with E-state index in [0.29, 0.717) is 34.9 Å². The summed E-state index contributed by atoms with van der Waals surface area (Å²) in [4.78, 5) is 21.1. The van der Waals surface area contributed by atoms with Crippen LogP contribution in [0.2, 0.25) is 0 Å². The van der Waals surface area contributed by atoms with Gasteiger partial charge in [0.05, 0.1) is 33.4 Å². The van der Waals surface area contributed by atoms with Crippen molar-refractivity contribution in [1.82, 2.24) is 35.0 Å². The molecular formula is C26H31N7O4. The maximum Gasteiger partial charge on any atom is 0.253 e. The highest BCUT2D eigenvalue weighted by Gasteiger charge is 2.32. The summed E-state index contributed by atoms with van der Waals surface area (Å²) in [6.45, 7) is 3.78. The maximum absolute atomic E-state index is 13.5. The molecule has 1 saturated heterocycles. The second kappa shape index (κ2) is 10.6. The molecule has 0 amide bonds. The van der Waals surface area contributed by atoms with Crippen LogP contribution in [0.25, 0.3) is 10.9 Å². The van der Waals surface area contributed by atoms with E-state index in [4.69, 9.17) is 14.2 Å². The van der Waals surface area contributed by atoms with Crippen LogP contribution in [0, 0.1) is 0 Å². The van der Waals surface area contributed by atoms with Crippen LogP contribution < -0.4 is 19.8 Å². The third kappa shape index (κ3) is 5.00. The Morgan fingerprint density at radius 1 is 0.946 bits per heavy atom. The molecule has 3 heterocycles. The Kier molecular flexibility index (Phi) is 7.06. The molecule has 1 aliphatic heterocycles. The number of nitrogens with one attached hydrogen (secondary N) is 1. The minimum Gasteiger partial charge on any atom is -0.497 e. The molecular weight excluding hydrogens is 474 g/mol. The first-order valence-corrected chi connectivity index (χ1v) is 12.1. The zero-order valence-electron chi connectivity index (χ0n) is 21.5. The highest BCUT2D eigenvalue weighted by Crippen LogP contribution is 2.33. The Morgan fingerprint density at radius 3 is 2.32 bits per heavy atom. The summed E-state index contributed by atoms with van der Waals surface area (Å²) in [5.41, 5.74) is 2.08. The summed E-state index contributed by atoms with van der Waals surface area (Å²) >= 11 is 0. The second-order valence-electron chi connectivity index (χ2n) is 9.13. The van der Waals surface area contributed by atoms with Crippen LogP contribution in [0.1, 0.15) is 23.0 Å². The fraction of sp³-hybridized carbons (Fsp3) is 0.385. The standard InChI is InChI=1S/C26H31N7O4/c1-31-9-11-32(12-10-31)24(25-28-29-30-33(25)16-17-5-7-19(35-2)8-6-17)20-13-18-14-22(36-3)23(37-4)15-21(18)27-26(20)34/h5-8,13-15,24H,9-12,16H2,1-4H3,(H,27,34)/t24-/m0/s1. The summed E-state index contributed by atoms with van der Waals surface area (Å²) in [5.74, 6) is 2.54. The number of likely N-dealkylation sites (N-methyl/N-ethyl adjacent to an activating group) is 1. The van der Waals surface area contributed by atoms with Crippen LogP contribution in [0.15, 0.2) is 47.3 Å². The van der Waals surface area contributed by atoms with Crippen molar-refractivity contribution in [3.63, 3.8) is 0 Å². The molecule has 0 aliphatic carbocycles. The molecule has 4 aromatic rings. The van der Waals surface area contributed by atoms with E-state index in [2.05, 4.69) is 37.4 Å². The van der Waals surface area contributed by atoms with E-state index >= 15 is 0 Å². The van der Waals surface area contributed by atoms with Gasteiger partial charge in [0.25, 0.3) is 5.56 Å². The lowest BCUT2D eigenvalue weighted by Crippen LogP contribution is -2.47. The van der Waals surface area contributed by atoms with E-state index in [-0.39, 0.29) is 5.56 Å². The number of methoxy groups -OCH3 is 3. The van der Waals surface area contributed by atoms with Crippen LogP contribution in [-0.4, -0.2) is 89.5 Å². The molecule has 0 bridgehead atoms. The van der Waals surface area contributed by atoms with E-state index in [0.717, 1.165) is 42.9 Å². The maximum atomic E-state index is 13.5. The summed E-state index contributed by atoms with van der Waals surface area (Å²) in [6.07, 6.45) is 0. The van der Waals surface area contributed by atoms with Gasteiger partial charge < -0.3 is 24.1 Å². The first-order chi connectivity index (χ1) is 18.0. The number of aromatic amines is 1. The van der Waals surface area contributed by atoms with Crippen molar-refractivity contribution in [3.8, 4) is 17.2 Å². The molecule has 1 atom stereocenters. The van der Waals surface area contributed by atoms with Crippen molar-refractivity contribution >= 4 is 10.9 Å². The summed E-state index contributed by atoms with van der Waals surface area (Å²) < 4.78 is 18.0. The quantitative estimate of drug-likeness (QED) is 0.384. The van der Waals surface area contributed by atoms with Crippen LogP contribution in [0.4, 0.5) is 0 Å². The van der Waals surface area contributed by atoms with Crippen LogP contribution in [0.3, 0.4) is 0 Å². The molecule has 1 N–H and O–H groups in total. The van der Waals surface area contributed by atoms with E-state index in [1.807, 2.05) is 36.4 Å². The Bertz CT molecular complexity index is 1430. The number of ether oxygens (including phenoxy) is 3. The Hall–Kier alpha value is -3.96. The molecule has 5 rings (SSSR count). The molecule has 2 aromatic heterocycles. The molecule has 11 nitrogen and oxygen atoms in total. The largest absolute Gasteiger partial charge is 0.497 e. The fourth-order valence-electron chi connectivity index (χ4n) is 4.76. The van der Waals surface area contributed by atoms with Gasteiger partial charge in [0.1, 0.15) is 11.8 Å². The highest BCUT2D eigenvalue weighted by molar-refractivity contribution is 5.83. The van der Waals surface area contributed by atoms with E-state index in [9.17, 15) is 4.79 Å². The molecule has 1 fully saturated rings. The van der Waals surface area contributed by atoms with Crippen molar-refractivity contribution in [2.45, 2.75) is 12.6 Å². The summed E-state index contributed by atoms with van der Waals surface area (Å²) in [7, 11) is 6.91. The van der Waals surface area contributed by atoms with Gasteiger partial charge in [0.15, 0.2) is 17.3 Å².